The zero-order valence-electron chi connectivity index (χ0n) is 18.0. The van der Waals surface area contributed by atoms with E-state index in [1.165, 1.54) is 0 Å². The first-order valence-corrected chi connectivity index (χ1v) is 11.9. The van der Waals surface area contributed by atoms with Crippen molar-refractivity contribution in [3.8, 4) is 16.9 Å². The quantitative estimate of drug-likeness (QED) is 0.351. The van der Waals surface area contributed by atoms with Crippen LogP contribution in [0.3, 0.4) is 0 Å². The van der Waals surface area contributed by atoms with Gasteiger partial charge in [-0.2, -0.15) is 0 Å². The molecule has 4 rings (SSSR count). The van der Waals surface area contributed by atoms with Crippen LogP contribution in [-0.2, 0) is 13.6 Å². The summed E-state index contributed by atoms with van der Waals surface area (Å²) in [6.07, 6.45) is 0. The lowest BCUT2D eigenvalue weighted by Gasteiger charge is -2.12. The first-order chi connectivity index (χ1) is 14.9. The Kier molecular flexibility index (Phi) is 6.16. The lowest BCUT2D eigenvalue weighted by molar-refractivity contribution is 0.518. The third-order valence-corrected chi connectivity index (χ3v) is 6.78. The van der Waals surface area contributed by atoms with Crippen molar-refractivity contribution in [2.75, 3.05) is 0 Å². The molecule has 0 aliphatic carbocycles. The molecular formula is C24H25BrN4OS. The molecular weight excluding hydrogens is 472 g/mol. The third-order valence-electron chi connectivity index (χ3n) is 5.23. The van der Waals surface area contributed by atoms with Crippen LogP contribution in [0.2, 0.25) is 0 Å². The SMILES string of the molecule is Cc1c(N=c2scc(-c3ccccc3Br)n2CC(C)C)c(=O)n(-c2ccccc2)n1C. The topological polar surface area (TPSA) is 44.2 Å². The standard InChI is InChI=1S/C24H25BrN4OS/c1-16(2)14-28-21(19-12-8-9-13-20(19)25)15-31-24(28)26-22-17(3)27(4)29(23(22)30)18-10-6-5-7-11-18/h5-13,15-16H,14H2,1-4H3. The lowest BCUT2D eigenvalue weighted by Crippen LogP contribution is -2.21. The van der Waals surface area contributed by atoms with Gasteiger partial charge in [0, 0.05) is 29.0 Å². The molecule has 31 heavy (non-hydrogen) atoms. The molecule has 0 saturated heterocycles. The van der Waals surface area contributed by atoms with Crippen LogP contribution in [0.5, 0.6) is 0 Å². The van der Waals surface area contributed by atoms with E-state index in [0.717, 1.165) is 38.5 Å². The Bertz CT molecular complexity index is 1340. The third kappa shape index (κ3) is 4.12. The largest absolute Gasteiger partial charge is 0.316 e. The fraction of sp³-hybridized carbons (Fsp3) is 0.250. The number of hydrogen-bond acceptors (Lipinski definition) is 3. The van der Waals surface area contributed by atoms with Crippen LogP contribution < -0.4 is 10.4 Å². The van der Waals surface area contributed by atoms with E-state index in [9.17, 15) is 4.79 Å². The average molecular weight is 497 g/mol. The minimum atomic E-state index is -0.113. The summed E-state index contributed by atoms with van der Waals surface area (Å²) in [6, 6.07) is 17.9. The molecule has 2 heterocycles. The molecule has 0 saturated carbocycles. The highest BCUT2D eigenvalue weighted by Crippen LogP contribution is 2.29. The van der Waals surface area contributed by atoms with Crippen molar-refractivity contribution in [2.24, 2.45) is 18.0 Å². The summed E-state index contributed by atoms with van der Waals surface area (Å²) in [4.78, 5) is 19.0. The van der Waals surface area contributed by atoms with Gasteiger partial charge in [0.2, 0.25) is 0 Å². The van der Waals surface area contributed by atoms with E-state index in [1.54, 1.807) is 16.0 Å². The zero-order valence-corrected chi connectivity index (χ0v) is 20.4. The first-order valence-electron chi connectivity index (χ1n) is 10.2. The summed E-state index contributed by atoms with van der Waals surface area (Å²) in [5.41, 5.74) is 4.24. The van der Waals surface area contributed by atoms with Crippen molar-refractivity contribution in [3.63, 3.8) is 0 Å². The number of rotatable bonds is 5. The Morgan fingerprint density at radius 3 is 2.42 bits per heavy atom. The number of benzene rings is 2. The second kappa shape index (κ2) is 8.85. The van der Waals surface area contributed by atoms with E-state index in [1.807, 2.05) is 67.2 Å². The predicted octanol–water partition coefficient (Wildman–Crippen LogP) is 5.67. The maximum Gasteiger partial charge on any atom is 0.297 e. The van der Waals surface area contributed by atoms with Gasteiger partial charge >= 0.3 is 0 Å². The lowest BCUT2D eigenvalue weighted by atomic mass is 10.1. The Morgan fingerprint density at radius 1 is 1.06 bits per heavy atom. The Morgan fingerprint density at radius 2 is 1.74 bits per heavy atom. The normalized spacial score (nSPS) is 12.1. The van der Waals surface area contributed by atoms with Crippen LogP contribution in [0, 0.1) is 12.8 Å². The molecule has 4 aromatic rings. The molecule has 0 amide bonds. The molecule has 2 aromatic heterocycles. The van der Waals surface area contributed by atoms with E-state index in [-0.39, 0.29) is 5.56 Å². The molecule has 0 atom stereocenters. The van der Waals surface area contributed by atoms with Crippen LogP contribution >= 0.6 is 27.3 Å². The van der Waals surface area contributed by atoms with Crippen LogP contribution in [0.4, 0.5) is 5.69 Å². The van der Waals surface area contributed by atoms with Gasteiger partial charge in [0.05, 0.1) is 17.1 Å². The molecule has 2 aromatic carbocycles. The van der Waals surface area contributed by atoms with Crippen molar-refractivity contribution < 1.29 is 0 Å². The van der Waals surface area contributed by atoms with Crippen LogP contribution in [0.15, 0.2) is 74.2 Å². The van der Waals surface area contributed by atoms with Crippen molar-refractivity contribution in [3.05, 3.63) is 85.3 Å². The first kappa shape index (κ1) is 21.6. The highest BCUT2D eigenvalue weighted by molar-refractivity contribution is 9.10. The maximum absolute atomic E-state index is 13.3. The van der Waals surface area contributed by atoms with E-state index < -0.39 is 0 Å². The van der Waals surface area contributed by atoms with Gasteiger partial charge < -0.3 is 4.57 Å². The predicted molar refractivity (Wildman–Crippen MR) is 131 cm³/mol. The Hall–Kier alpha value is -2.64. The van der Waals surface area contributed by atoms with E-state index in [0.29, 0.717) is 11.6 Å². The van der Waals surface area contributed by atoms with Crippen molar-refractivity contribution in [1.82, 2.24) is 13.9 Å². The van der Waals surface area contributed by atoms with E-state index in [4.69, 9.17) is 4.99 Å². The van der Waals surface area contributed by atoms with Gasteiger partial charge in [-0.05, 0) is 31.0 Å². The highest BCUT2D eigenvalue weighted by Gasteiger charge is 2.17. The van der Waals surface area contributed by atoms with Gasteiger partial charge in [0.25, 0.3) is 5.56 Å². The summed E-state index contributed by atoms with van der Waals surface area (Å²) in [7, 11) is 1.89. The van der Waals surface area contributed by atoms with E-state index in [2.05, 4.69) is 45.8 Å². The molecule has 7 heteroatoms. The number of nitrogens with zero attached hydrogens (tertiary/aromatic N) is 4. The van der Waals surface area contributed by atoms with Crippen molar-refractivity contribution >= 4 is 33.0 Å². The molecule has 0 bridgehead atoms. The molecule has 0 radical (unpaired) electrons. The number of aromatic nitrogens is 3. The molecule has 0 aliphatic heterocycles. The fourth-order valence-electron chi connectivity index (χ4n) is 3.62. The number of halogens is 1. The van der Waals surface area contributed by atoms with Gasteiger partial charge in [0.15, 0.2) is 10.5 Å². The summed E-state index contributed by atoms with van der Waals surface area (Å²) in [5, 5.41) is 2.12. The van der Waals surface area contributed by atoms with Crippen molar-refractivity contribution in [1.29, 1.82) is 0 Å². The van der Waals surface area contributed by atoms with Gasteiger partial charge in [-0.25, -0.2) is 9.67 Å². The van der Waals surface area contributed by atoms with Gasteiger partial charge in [-0.1, -0.05) is 66.2 Å². The maximum atomic E-state index is 13.3. The summed E-state index contributed by atoms with van der Waals surface area (Å²) in [6.45, 7) is 7.13. The summed E-state index contributed by atoms with van der Waals surface area (Å²) < 4.78 is 6.79. The molecule has 0 unspecified atom stereocenters. The van der Waals surface area contributed by atoms with Gasteiger partial charge in [0.1, 0.15) is 0 Å². The van der Waals surface area contributed by atoms with Crippen LogP contribution in [0.1, 0.15) is 19.5 Å². The minimum absolute atomic E-state index is 0.113. The monoisotopic (exact) mass is 496 g/mol. The summed E-state index contributed by atoms with van der Waals surface area (Å²) in [5.74, 6) is 0.438. The molecule has 0 N–H and O–H groups in total. The molecule has 0 fully saturated rings. The molecule has 5 nitrogen and oxygen atoms in total. The average Bonchev–Trinajstić information content (AvgIpc) is 3.22. The number of thiazole rings is 1. The fourth-order valence-corrected chi connectivity index (χ4v) is 5.03. The van der Waals surface area contributed by atoms with Crippen LogP contribution in [-0.4, -0.2) is 13.9 Å². The molecule has 0 aliphatic rings. The number of hydrogen-bond donors (Lipinski definition) is 0. The van der Waals surface area contributed by atoms with Gasteiger partial charge in [-0.15, -0.1) is 11.3 Å². The summed E-state index contributed by atoms with van der Waals surface area (Å²) >= 11 is 5.24. The second-order valence-corrected chi connectivity index (χ2v) is 9.60. The number of para-hydroxylation sites is 1. The van der Waals surface area contributed by atoms with E-state index >= 15 is 0 Å². The minimum Gasteiger partial charge on any atom is -0.316 e. The molecule has 0 spiro atoms. The molecule has 160 valence electrons. The van der Waals surface area contributed by atoms with Crippen LogP contribution in [0.25, 0.3) is 16.9 Å². The highest BCUT2D eigenvalue weighted by atomic mass is 79.9. The van der Waals surface area contributed by atoms with Crippen molar-refractivity contribution in [2.45, 2.75) is 27.3 Å². The smallest absolute Gasteiger partial charge is 0.297 e. The zero-order chi connectivity index (χ0) is 22.1. The Balaban J connectivity index is 1.93. The second-order valence-electron chi connectivity index (χ2n) is 7.91. The Labute approximate surface area is 194 Å². The van der Waals surface area contributed by atoms with Gasteiger partial charge in [-0.3, -0.25) is 9.48 Å².